The Bertz CT molecular complexity index is 1100. The maximum Gasteiger partial charge on any atom is 0.337 e. The van der Waals surface area contributed by atoms with Gasteiger partial charge in [0.25, 0.3) is 0 Å². The van der Waals surface area contributed by atoms with Crippen LogP contribution in [0.1, 0.15) is 21.7 Å². The summed E-state index contributed by atoms with van der Waals surface area (Å²) in [6, 6.07) is 14.2. The average Bonchev–Trinajstić information content (AvgIpc) is 3.19. The van der Waals surface area contributed by atoms with E-state index < -0.39 is 5.97 Å². The van der Waals surface area contributed by atoms with E-state index in [9.17, 15) is 9.59 Å². The quantitative estimate of drug-likeness (QED) is 0.283. The third kappa shape index (κ3) is 5.98. The number of allylic oxidation sites excluding steroid dienone is 1. The van der Waals surface area contributed by atoms with E-state index >= 15 is 0 Å². The Morgan fingerprint density at radius 2 is 1.91 bits per heavy atom. The molecule has 1 heterocycles. The predicted molar refractivity (Wildman–Crippen MR) is 123 cm³/mol. The van der Waals surface area contributed by atoms with Crippen LogP contribution in [-0.4, -0.2) is 39.5 Å². The van der Waals surface area contributed by atoms with E-state index in [0.29, 0.717) is 28.8 Å². The van der Waals surface area contributed by atoms with E-state index in [2.05, 4.69) is 26.8 Å². The fourth-order valence-corrected chi connectivity index (χ4v) is 3.61. The lowest BCUT2D eigenvalue weighted by Gasteiger charge is -2.10. The van der Waals surface area contributed by atoms with Crippen LogP contribution in [0.25, 0.3) is 0 Å². The number of para-hydroxylation sites is 1. The summed E-state index contributed by atoms with van der Waals surface area (Å²) >= 11 is 1.27. The van der Waals surface area contributed by atoms with Crippen LogP contribution >= 0.6 is 11.8 Å². The maximum atomic E-state index is 12.4. The number of amides is 1. The third-order valence-electron chi connectivity index (χ3n) is 4.48. The fraction of sp³-hybridized carbons (Fsp3) is 0.217. The number of aryl methyl sites for hydroxylation is 1. The summed E-state index contributed by atoms with van der Waals surface area (Å²) in [6.07, 6.45) is 1.74. The molecular formula is C23H24N4O4S. The molecule has 0 atom stereocenters. The first kappa shape index (κ1) is 23.1. The first-order chi connectivity index (χ1) is 15.5. The van der Waals surface area contributed by atoms with Crippen molar-refractivity contribution in [3.8, 4) is 5.75 Å². The van der Waals surface area contributed by atoms with Crippen molar-refractivity contribution in [3.63, 3.8) is 0 Å². The highest BCUT2D eigenvalue weighted by Crippen LogP contribution is 2.21. The number of aromatic nitrogens is 3. The number of nitrogens with one attached hydrogen (secondary N) is 1. The average molecular weight is 453 g/mol. The number of carbonyl (C=O) groups is 2. The third-order valence-corrected chi connectivity index (χ3v) is 5.44. The van der Waals surface area contributed by atoms with Gasteiger partial charge in [0.15, 0.2) is 11.0 Å². The molecule has 0 saturated carbocycles. The minimum Gasteiger partial charge on any atom is -0.485 e. The summed E-state index contributed by atoms with van der Waals surface area (Å²) < 4.78 is 12.4. The van der Waals surface area contributed by atoms with Crippen molar-refractivity contribution in [1.82, 2.24) is 14.8 Å². The second-order valence-corrected chi connectivity index (χ2v) is 7.70. The van der Waals surface area contributed by atoms with Gasteiger partial charge in [-0.15, -0.1) is 16.8 Å². The molecule has 0 aliphatic heterocycles. The monoisotopic (exact) mass is 452 g/mol. The molecule has 1 N–H and O–H groups in total. The van der Waals surface area contributed by atoms with Crippen LogP contribution in [0.2, 0.25) is 0 Å². The molecule has 2 aromatic carbocycles. The highest BCUT2D eigenvalue weighted by Gasteiger charge is 2.15. The van der Waals surface area contributed by atoms with Gasteiger partial charge in [0, 0.05) is 12.2 Å². The van der Waals surface area contributed by atoms with Crippen LogP contribution in [0.5, 0.6) is 5.75 Å². The molecule has 0 radical (unpaired) electrons. The summed E-state index contributed by atoms with van der Waals surface area (Å²) in [5.74, 6) is 0.947. The normalized spacial score (nSPS) is 10.4. The molecule has 0 fully saturated rings. The highest BCUT2D eigenvalue weighted by molar-refractivity contribution is 7.99. The molecule has 0 aliphatic carbocycles. The summed E-state index contributed by atoms with van der Waals surface area (Å²) in [5, 5.41) is 11.8. The van der Waals surface area contributed by atoms with Crippen LogP contribution in [0.4, 0.5) is 5.69 Å². The van der Waals surface area contributed by atoms with Crippen molar-refractivity contribution in [1.29, 1.82) is 0 Å². The van der Waals surface area contributed by atoms with Crippen molar-refractivity contribution < 1.29 is 19.1 Å². The summed E-state index contributed by atoms with van der Waals surface area (Å²) in [5.41, 5.74) is 2.04. The molecule has 1 aromatic heterocycles. The molecule has 9 heteroatoms. The lowest BCUT2D eigenvalue weighted by molar-refractivity contribution is -0.113. The summed E-state index contributed by atoms with van der Waals surface area (Å²) in [6.45, 7) is 6.52. The first-order valence-corrected chi connectivity index (χ1v) is 10.8. The lowest BCUT2D eigenvalue weighted by Crippen LogP contribution is -2.15. The fourth-order valence-electron chi connectivity index (χ4n) is 2.84. The molecule has 0 unspecified atom stereocenters. The zero-order chi connectivity index (χ0) is 22.9. The molecule has 3 rings (SSSR count). The van der Waals surface area contributed by atoms with E-state index in [0.717, 1.165) is 11.3 Å². The lowest BCUT2D eigenvalue weighted by atomic mass is 10.2. The standard InChI is InChI=1S/C23H24N4O4S/c1-4-13-27-20(14-31-19-8-6-5-7-16(19)2)25-26-23(27)32-15-21(28)24-18-11-9-17(10-12-18)22(29)30-3/h4-12H,1,13-15H2,2-3H3,(H,24,28). The van der Waals surface area contributed by atoms with Crippen molar-refractivity contribution in [3.05, 3.63) is 78.1 Å². The number of hydrogen-bond acceptors (Lipinski definition) is 7. The Labute approximate surface area is 190 Å². The number of hydrogen-bond donors (Lipinski definition) is 1. The SMILES string of the molecule is C=CCn1c(COc2ccccc2C)nnc1SCC(=O)Nc1ccc(C(=O)OC)cc1. The summed E-state index contributed by atoms with van der Waals surface area (Å²) in [7, 11) is 1.32. The van der Waals surface area contributed by atoms with Gasteiger partial charge in [-0.3, -0.25) is 9.36 Å². The smallest absolute Gasteiger partial charge is 0.337 e. The van der Waals surface area contributed by atoms with Crippen molar-refractivity contribution in [2.45, 2.75) is 25.2 Å². The van der Waals surface area contributed by atoms with Crippen molar-refractivity contribution in [2.24, 2.45) is 0 Å². The van der Waals surface area contributed by atoms with Crippen LogP contribution in [-0.2, 0) is 22.7 Å². The van der Waals surface area contributed by atoms with Gasteiger partial charge < -0.3 is 14.8 Å². The van der Waals surface area contributed by atoms with E-state index in [1.54, 1.807) is 30.3 Å². The van der Waals surface area contributed by atoms with E-state index in [1.165, 1.54) is 18.9 Å². The van der Waals surface area contributed by atoms with Crippen LogP contribution in [0.3, 0.4) is 0 Å². The number of carbonyl (C=O) groups excluding carboxylic acids is 2. The van der Waals surface area contributed by atoms with Gasteiger partial charge in [0.2, 0.25) is 5.91 Å². The zero-order valence-corrected chi connectivity index (χ0v) is 18.7. The molecule has 0 spiro atoms. The van der Waals surface area contributed by atoms with Crippen LogP contribution < -0.4 is 10.1 Å². The molecule has 0 aliphatic rings. The Hall–Kier alpha value is -3.59. The molecule has 8 nitrogen and oxygen atoms in total. The van der Waals surface area contributed by atoms with Crippen molar-refractivity contribution in [2.75, 3.05) is 18.2 Å². The molecule has 32 heavy (non-hydrogen) atoms. The predicted octanol–water partition coefficient (Wildman–Crippen LogP) is 3.87. The van der Waals surface area contributed by atoms with E-state index in [1.807, 2.05) is 35.8 Å². The largest absolute Gasteiger partial charge is 0.485 e. The maximum absolute atomic E-state index is 12.4. The zero-order valence-electron chi connectivity index (χ0n) is 17.9. The molecule has 0 saturated heterocycles. The van der Waals surface area contributed by atoms with Gasteiger partial charge >= 0.3 is 5.97 Å². The number of benzene rings is 2. The number of esters is 1. The molecule has 0 bridgehead atoms. The van der Waals surface area contributed by atoms with Crippen molar-refractivity contribution >= 4 is 29.3 Å². The Balaban J connectivity index is 1.59. The topological polar surface area (TPSA) is 95.3 Å². The number of anilines is 1. The van der Waals surface area contributed by atoms with Gasteiger partial charge in [-0.1, -0.05) is 36.0 Å². The van der Waals surface area contributed by atoms with Gasteiger partial charge in [0.05, 0.1) is 18.4 Å². The number of thioether (sulfide) groups is 1. The number of nitrogens with zero attached hydrogens (tertiary/aromatic N) is 3. The van der Waals surface area contributed by atoms with Gasteiger partial charge in [-0.25, -0.2) is 4.79 Å². The molecule has 3 aromatic rings. The Kier molecular flexibility index (Phi) is 8.04. The molecule has 1 amide bonds. The Morgan fingerprint density at radius 3 is 2.59 bits per heavy atom. The van der Waals surface area contributed by atoms with E-state index in [4.69, 9.17) is 4.74 Å². The van der Waals surface area contributed by atoms with Gasteiger partial charge in [-0.2, -0.15) is 0 Å². The number of rotatable bonds is 10. The number of methoxy groups -OCH3 is 1. The van der Waals surface area contributed by atoms with Crippen LogP contribution in [0, 0.1) is 6.92 Å². The molecular weight excluding hydrogens is 428 g/mol. The summed E-state index contributed by atoms with van der Waals surface area (Å²) in [4.78, 5) is 23.9. The minimum atomic E-state index is -0.429. The first-order valence-electron chi connectivity index (χ1n) is 9.84. The Morgan fingerprint density at radius 1 is 1.16 bits per heavy atom. The molecule has 166 valence electrons. The van der Waals surface area contributed by atoms with E-state index in [-0.39, 0.29) is 18.3 Å². The second-order valence-electron chi connectivity index (χ2n) is 6.76. The minimum absolute atomic E-state index is 0.146. The second kappa shape index (κ2) is 11.1. The van der Waals surface area contributed by atoms with Gasteiger partial charge in [0.1, 0.15) is 12.4 Å². The van der Waals surface area contributed by atoms with Gasteiger partial charge in [-0.05, 0) is 42.8 Å². The van der Waals surface area contributed by atoms with Crippen LogP contribution in [0.15, 0.2) is 66.3 Å². The highest BCUT2D eigenvalue weighted by atomic mass is 32.2. The number of ether oxygens (including phenoxy) is 2.